The minimum absolute atomic E-state index is 0.0766. The molecule has 1 atom stereocenters. The third-order valence-electron chi connectivity index (χ3n) is 6.97. The summed E-state index contributed by atoms with van der Waals surface area (Å²) < 4.78 is 0. The molecule has 0 aliphatic rings. The van der Waals surface area contributed by atoms with Gasteiger partial charge in [-0.2, -0.15) is 0 Å². The van der Waals surface area contributed by atoms with Crippen LogP contribution in [0, 0.1) is 0 Å². The molecule has 246 valence electrons. The minimum Gasteiger partial charge on any atom is -0.507 e. The number of phenols is 1. The summed E-state index contributed by atoms with van der Waals surface area (Å²) in [5.41, 5.74) is 1.62. The number of amides is 3. The Balaban J connectivity index is 1.39. The highest BCUT2D eigenvalue weighted by atomic mass is 35.5. The van der Waals surface area contributed by atoms with Gasteiger partial charge in [0.15, 0.2) is 0 Å². The number of hydrogen-bond donors (Lipinski definition) is 5. The molecule has 12 heteroatoms. The number of halogens is 2. The molecule has 3 amide bonds. The normalized spacial score (nSPS) is 11.7. The van der Waals surface area contributed by atoms with E-state index in [2.05, 4.69) is 16.0 Å². The van der Waals surface area contributed by atoms with Gasteiger partial charge >= 0.3 is 5.97 Å². The van der Waals surface area contributed by atoms with E-state index in [1.165, 1.54) is 42.1 Å². The van der Waals surface area contributed by atoms with Gasteiger partial charge in [-0.3, -0.25) is 14.4 Å². The molecule has 5 rings (SSSR count). The average molecular weight is 713 g/mol. The van der Waals surface area contributed by atoms with Crippen LogP contribution in [0.5, 0.6) is 5.75 Å². The van der Waals surface area contributed by atoms with Gasteiger partial charge in [-0.25, -0.2) is 4.79 Å². The quantitative estimate of drug-likeness (QED) is 0.0527. The monoisotopic (exact) mass is 711 g/mol. The van der Waals surface area contributed by atoms with E-state index in [1.807, 2.05) is 6.07 Å². The van der Waals surface area contributed by atoms with Crippen LogP contribution in [0.4, 0.5) is 11.4 Å². The molecule has 0 bridgehead atoms. The van der Waals surface area contributed by atoms with Crippen molar-refractivity contribution in [3.8, 4) is 5.75 Å². The first-order valence-electron chi connectivity index (χ1n) is 14.6. The number of rotatable bonds is 11. The van der Waals surface area contributed by atoms with Crippen molar-refractivity contribution in [1.82, 2.24) is 5.32 Å². The second-order valence-electron chi connectivity index (χ2n) is 10.5. The predicted octanol–water partition coefficient (Wildman–Crippen LogP) is 8.28. The summed E-state index contributed by atoms with van der Waals surface area (Å²) in [6, 6.07) is 32.8. The van der Waals surface area contributed by atoms with Gasteiger partial charge in [0, 0.05) is 31.9 Å². The topological polar surface area (TPSA) is 145 Å². The summed E-state index contributed by atoms with van der Waals surface area (Å²) in [6.45, 7) is 0. The van der Waals surface area contributed by atoms with Crippen LogP contribution >= 0.6 is 35.0 Å². The molecular formula is C37H27Cl2N3O6S. The number of aromatic hydroxyl groups is 1. The predicted molar refractivity (Wildman–Crippen MR) is 192 cm³/mol. The Morgan fingerprint density at radius 3 is 2.12 bits per heavy atom. The van der Waals surface area contributed by atoms with E-state index in [0.717, 1.165) is 0 Å². The number of thioether (sulfide) groups is 1. The molecule has 0 heterocycles. The number of aromatic carboxylic acids is 1. The standard InChI is InChI=1S/C37H27Cl2N3O6S/c38-25-15-14-24(30(39)19-25)18-31(42-34(44)23-10-5-2-6-11-23)35(45)40-26-12-7-13-28(20-26)49-33(22-8-3-1-4-9-22)36(46)41-27-16-17-32(43)29(21-27)37(47)48/h1-21,33,43H,(H,40,45)(H,41,46)(H,42,44)(H,47,48)/b31-18+. The lowest BCUT2D eigenvalue weighted by atomic mass is 10.1. The number of carbonyl (C=O) groups is 4. The molecule has 0 saturated heterocycles. The highest BCUT2D eigenvalue weighted by molar-refractivity contribution is 8.00. The molecule has 1 unspecified atom stereocenters. The van der Waals surface area contributed by atoms with E-state index in [1.54, 1.807) is 91.0 Å². The Kier molecular flexibility index (Phi) is 11.4. The van der Waals surface area contributed by atoms with Gasteiger partial charge in [0.05, 0.1) is 0 Å². The third-order valence-corrected chi connectivity index (χ3v) is 8.78. The summed E-state index contributed by atoms with van der Waals surface area (Å²) >= 11 is 13.6. The Hall–Kier alpha value is -5.55. The van der Waals surface area contributed by atoms with Crippen LogP contribution in [-0.2, 0) is 9.59 Å². The van der Waals surface area contributed by atoms with E-state index in [0.29, 0.717) is 32.3 Å². The van der Waals surface area contributed by atoms with Gasteiger partial charge in [-0.15, -0.1) is 11.8 Å². The van der Waals surface area contributed by atoms with E-state index >= 15 is 0 Å². The van der Waals surface area contributed by atoms with Gasteiger partial charge in [0.2, 0.25) is 5.91 Å². The third kappa shape index (κ3) is 9.29. The fraction of sp³-hybridized carbons (Fsp3) is 0.0270. The van der Waals surface area contributed by atoms with Crippen LogP contribution in [0.2, 0.25) is 10.0 Å². The second-order valence-corrected chi connectivity index (χ2v) is 12.5. The van der Waals surface area contributed by atoms with Crippen LogP contribution in [0.3, 0.4) is 0 Å². The lowest BCUT2D eigenvalue weighted by Gasteiger charge is -2.18. The number of hydrogen-bond acceptors (Lipinski definition) is 6. The zero-order valence-corrected chi connectivity index (χ0v) is 27.7. The molecule has 0 aliphatic carbocycles. The zero-order valence-electron chi connectivity index (χ0n) is 25.4. The van der Waals surface area contributed by atoms with E-state index < -0.39 is 34.7 Å². The maximum Gasteiger partial charge on any atom is 0.339 e. The van der Waals surface area contributed by atoms with Crippen molar-refractivity contribution in [2.45, 2.75) is 10.1 Å². The Morgan fingerprint density at radius 2 is 1.43 bits per heavy atom. The van der Waals surface area contributed by atoms with Gasteiger partial charge in [0.1, 0.15) is 22.3 Å². The molecule has 5 aromatic carbocycles. The van der Waals surface area contributed by atoms with E-state index in [9.17, 15) is 29.4 Å². The first-order chi connectivity index (χ1) is 23.6. The summed E-state index contributed by atoms with van der Waals surface area (Å²) in [5.74, 6) is -3.34. The van der Waals surface area contributed by atoms with Gasteiger partial charge in [-0.1, -0.05) is 83.9 Å². The maximum absolute atomic E-state index is 13.6. The number of carbonyl (C=O) groups excluding carboxylic acids is 3. The molecule has 5 aromatic rings. The largest absolute Gasteiger partial charge is 0.507 e. The average Bonchev–Trinajstić information content (AvgIpc) is 3.09. The maximum atomic E-state index is 13.6. The van der Waals surface area contributed by atoms with Gasteiger partial charge in [0.25, 0.3) is 11.8 Å². The molecule has 0 aromatic heterocycles. The molecule has 0 saturated carbocycles. The van der Waals surface area contributed by atoms with Crippen LogP contribution in [-0.4, -0.2) is 33.9 Å². The Labute approximate surface area is 295 Å². The van der Waals surface area contributed by atoms with Crippen molar-refractivity contribution in [3.05, 3.63) is 159 Å². The molecule has 0 spiro atoms. The highest BCUT2D eigenvalue weighted by Gasteiger charge is 2.24. The fourth-order valence-electron chi connectivity index (χ4n) is 4.59. The van der Waals surface area contributed by atoms with Crippen molar-refractivity contribution in [3.63, 3.8) is 0 Å². The minimum atomic E-state index is -1.34. The molecule has 0 aliphatic heterocycles. The smallest absolute Gasteiger partial charge is 0.339 e. The lowest BCUT2D eigenvalue weighted by molar-refractivity contribution is -0.116. The van der Waals surface area contributed by atoms with Gasteiger partial charge in [-0.05, 0) is 77.9 Å². The molecule has 9 nitrogen and oxygen atoms in total. The van der Waals surface area contributed by atoms with Crippen LogP contribution in [0.15, 0.2) is 132 Å². The lowest BCUT2D eigenvalue weighted by Crippen LogP contribution is -2.30. The van der Waals surface area contributed by atoms with Crippen LogP contribution in [0.25, 0.3) is 6.08 Å². The molecule has 5 N–H and O–H groups in total. The summed E-state index contributed by atoms with van der Waals surface area (Å²) in [7, 11) is 0. The Morgan fingerprint density at radius 1 is 0.735 bits per heavy atom. The fourth-order valence-corrected chi connectivity index (χ4v) is 6.14. The number of nitrogens with one attached hydrogen (secondary N) is 3. The highest BCUT2D eigenvalue weighted by Crippen LogP contribution is 2.37. The van der Waals surface area contributed by atoms with Gasteiger partial charge < -0.3 is 26.2 Å². The number of benzene rings is 5. The van der Waals surface area contributed by atoms with Crippen molar-refractivity contribution in [2.24, 2.45) is 0 Å². The van der Waals surface area contributed by atoms with Crippen LogP contribution < -0.4 is 16.0 Å². The Bertz CT molecular complexity index is 2060. The van der Waals surface area contributed by atoms with E-state index in [4.69, 9.17) is 23.2 Å². The number of carboxylic acids is 1. The summed E-state index contributed by atoms with van der Waals surface area (Å²) in [5, 5.41) is 27.4. The van der Waals surface area contributed by atoms with Crippen molar-refractivity contribution in [1.29, 1.82) is 0 Å². The second kappa shape index (κ2) is 16.0. The molecule has 0 radical (unpaired) electrons. The zero-order chi connectivity index (χ0) is 34.9. The number of carboxylic acid groups (broad SMARTS) is 1. The number of anilines is 2. The summed E-state index contributed by atoms with van der Waals surface area (Å²) in [4.78, 5) is 52.4. The van der Waals surface area contributed by atoms with Crippen molar-refractivity contribution in [2.75, 3.05) is 10.6 Å². The van der Waals surface area contributed by atoms with Crippen molar-refractivity contribution >= 4 is 76.1 Å². The molecule has 49 heavy (non-hydrogen) atoms. The first-order valence-corrected chi connectivity index (χ1v) is 16.2. The van der Waals surface area contributed by atoms with Crippen LogP contribution in [0.1, 0.15) is 37.1 Å². The first kappa shape index (κ1) is 34.8. The molecule has 0 fully saturated rings. The SMILES string of the molecule is O=C(Nc1cccc(SC(C(=O)Nc2ccc(O)c(C(=O)O)c2)c2ccccc2)c1)/C(=C\c1ccc(Cl)cc1Cl)NC(=O)c1ccccc1. The van der Waals surface area contributed by atoms with E-state index in [-0.39, 0.29) is 22.0 Å². The van der Waals surface area contributed by atoms with Crippen molar-refractivity contribution < 1.29 is 29.4 Å². The molecular weight excluding hydrogens is 685 g/mol. The summed E-state index contributed by atoms with van der Waals surface area (Å²) in [6.07, 6.45) is 1.45.